The van der Waals surface area contributed by atoms with Crippen molar-refractivity contribution in [1.29, 1.82) is 0 Å². The van der Waals surface area contributed by atoms with Gasteiger partial charge in [0, 0.05) is 35.1 Å². The van der Waals surface area contributed by atoms with Crippen LogP contribution in [0.2, 0.25) is 0 Å². The molecule has 0 unspecified atom stereocenters. The average molecular weight is 224 g/mol. The van der Waals surface area contributed by atoms with Gasteiger partial charge < -0.3 is 0 Å². The van der Waals surface area contributed by atoms with E-state index in [2.05, 4.69) is 9.97 Å². The standard InChI is InChI=1S/C14H9FN2/c15-13-4-2-1-3-12(13)10-7-11-8-16-6-5-14(11)17-9-10/h1-9H. The number of nitrogens with zero attached hydrogens (tertiary/aromatic N) is 2. The fourth-order valence-corrected chi connectivity index (χ4v) is 1.81. The average Bonchev–Trinajstić information content (AvgIpc) is 2.39. The summed E-state index contributed by atoms with van der Waals surface area (Å²) < 4.78 is 13.6. The van der Waals surface area contributed by atoms with Crippen molar-refractivity contribution < 1.29 is 4.39 Å². The largest absolute Gasteiger partial charge is 0.264 e. The van der Waals surface area contributed by atoms with Crippen LogP contribution in [0.3, 0.4) is 0 Å². The second-order valence-corrected chi connectivity index (χ2v) is 3.77. The maximum Gasteiger partial charge on any atom is 0.131 e. The molecule has 2 nitrogen and oxygen atoms in total. The van der Waals surface area contributed by atoms with E-state index >= 15 is 0 Å². The summed E-state index contributed by atoms with van der Waals surface area (Å²) in [5.41, 5.74) is 2.19. The molecule has 0 aliphatic heterocycles. The number of hydrogen-bond acceptors (Lipinski definition) is 2. The predicted octanol–water partition coefficient (Wildman–Crippen LogP) is 3.44. The summed E-state index contributed by atoms with van der Waals surface area (Å²) in [6, 6.07) is 10.4. The molecule has 0 bridgehead atoms. The van der Waals surface area contributed by atoms with E-state index in [1.807, 2.05) is 18.2 Å². The summed E-state index contributed by atoms with van der Waals surface area (Å²) in [6.07, 6.45) is 5.10. The van der Waals surface area contributed by atoms with Gasteiger partial charge >= 0.3 is 0 Å². The summed E-state index contributed by atoms with van der Waals surface area (Å²) in [5.74, 6) is -0.238. The summed E-state index contributed by atoms with van der Waals surface area (Å²) in [7, 11) is 0. The monoisotopic (exact) mass is 224 g/mol. The van der Waals surface area contributed by atoms with Crippen molar-refractivity contribution in [1.82, 2.24) is 9.97 Å². The van der Waals surface area contributed by atoms with Crippen molar-refractivity contribution in [3.8, 4) is 11.1 Å². The lowest BCUT2D eigenvalue weighted by Gasteiger charge is -2.04. The van der Waals surface area contributed by atoms with E-state index < -0.39 is 0 Å². The van der Waals surface area contributed by atoms with Crippen LogP contribution in [0.15, 0.2) is 55.0 Å². The zero-order chi connectivity index (χ0) is 11.7. The number of aromatic nitrogens is 2. The Bertz CT molecular complexity index is 680. The first-order chi connectivity index (χ1) is 8.34. The lowest BCUT2D eigenvalue weighted by atomic mass is 10.1. The van der Waals surface area contributed by atoms with Crippen LogP contribution in [0.25, 0.3) is 22.0 Å². The Morgan fingerprint density at radius 3 is 2.76 bits per heavy atom. The van der Waals surface area contributed by atoms with Crippen LogP contribution >= 0.6 is 0 Å². The molecule has 82 valence electrons. The minimum atomic E-state index is -0.238. The van der Waals surface area contributed by atoms with Gasteiger partial charge in [-0.25, -0.2) is 4.39 Å². The molecule has 3 rings (SSSR count). The molecule has 2 heterocycles. The first-order valence-corrected chi connectivity index (χ1v) is 5.29. The molecule has 3 aromatic rings. The first kappa shape index (κ1) is 9.90. The molecule has 0 fully saturated rings. The van der Waals surface area contributed by atoms with Crippen LogP contribution in [0.5, 0.6) is 0 Å². The van der Waals surface area contributed by atoms with Crippen LogP contribution in [0, 0.1) is 5.82 Å². The van der Waals surface area contributed by atoms with Gasteiger partial charge in [-0.05, 0) is 18.2 Å². The minimum absolute atomic E-state index is 0.238. The number of hydrogen-bond donors (Lipinski definition) is 0. The first-order valence-electron chi connectivity index (χ1n) is 5.29. The van der Waals surface area contributed by atoms with Gasteiger partial charge in [0.2, 0.25) is 0 Å². The van der Waals surface area contributed by atoms with Crippen molar-refractivity contribution in [3.63, 3.8) is 0 Å². The molecule has 0 spiro atoms. The van der Waals surface area contributed by atoms with Gasteiger partial charge in [-0.3, -0.25) is 9.97 Å². The van der Waals surface area contributed by atoms with E-state index in [0.717, 1.165) is 16.5 Å². The Morgan fingerprint density at radius 2 is 1.88 bits per heavy atom. The van der Waals surface area contributed by atoms with Crippen molar-refractivity contribution >= 4 is 10.9 Å². The molecule has 0 atom stereocenters. The Kier molecular flexibility index (Phi) is 2.29. The van der Waals surface area contributed by atoms with E-state index in [-0.39, 0.29) is 5.82 Å². The molecule has 0 amide bonds. The van der Waals surface area contributed by atoms with Crippen molar-refractivity contribution in [3.05, 3.63) is 60.8 Å². The lowest BCUT2D eigenvalue weighted by molar-refractivity contribution is 0.631. The maximum absolute atomic E-state index is 13.6. The van der Waals surface area contributed by atoms with Crippen LogP contribution in [-0.4, -0.2) is 9.97 Å². The van der Waals surface area contributed by atoms with Crippen LogP contribution in [0.1, 0.15) is 0 Å². The predicted molar refractivity (Wildman–Crippen MR) is 64.9 cm³/mol. The fraction of sp³-hybridized carbons (Fsp3) is 0. The summed E-state index contributed by atoms with van der Waals surface area (Å²) in [4.78, 5) is 8.33. The van der Waals surface area contributed by atoms with Gasteiger partial charge in [-0.15, -0.1) is 0 Å². The molecule has 0 aliphatic rings. The van der Waals surface area contributed by atoms with Gasteiger partial charge in [-0.1, -0.05) is 18.2 Å². The summed E-state index contributed by atoms with van der Waals surface area (Å²) >= 11 is 0. The molecular formula is C14H9FN2. The van der Waals surface area contributed by atoms with Gasteiger partial charge in [0.25, 0.3) is 0 Å². The molecule has 2 aromatic heterocycles. The number of halogens is 1. The summed E-state index contributed by atoms with van der Waals surface area (Å²) in [5, 5.41) is 0.910. The maximum atomic E-state index is 13.6. The molecule has 0 saturated carbocycles. The minimum Gasteiger partial charge on any atom is -0.264 e. The van der Waals surface area contributed by atoms with Crippen molar-refractivity contribution in [2.75, 3.05) is 0 Å². The SMILES string of the molecule is Fc1ccccc1-c1cnc2ccncc2c1. The Hall–Kier alpha value is -2.29. The molecule has 0 aliphatic carbocycles. The molecule has 0 N–H and O–H groups in total. The van der Waals surface area contributed by atoms with Crippen molar-refractivity contribution in [2.45, 2.75) is 0 Å². The normalized spacial score (nSPS) is 10.6. The number of fused-ring (bicyclic) bond motifs is 1. The molecule has 0 radical (unpaired) electrons. The van der Waals surface area contributed by atoms with Gasteiger partial charge in [0.1, 0.15) is 5.82 Å². The molecule has 17 heavy (non-hydrogen) atoms. The molecule has 1 aromatic carbocycles. The smallest absolute Gasteiger partial charge is 0.131 e. The van der Waals surface area contributed by atoms with Gasteiger partial charge in [0.15, 0.2) is 0 Å². The van der Waals surface area contributed by atoms with E-state index in [1.54, 1.807) is 30.7 Å². The third kappa shape index (κ3) is 1.76. The third-order valence-electron chi connectivity index (χ3n) is 2.67. The van der Waals surface area contributed by atoms with Crippen LogP contribution in [-0.2, 0) is 0 Å². The van der Waals surface area contributed by atoms with E-state index in [9.17, 15) is 4.39 Å². The fourth-order valence-electron chi connectivity index (χ4n) is 1.81. The van der Waals surface area contributed by atoms with Gasteiger partial charge in [-0.2, -0.15) is 0 Å². The van der Waals surface area contributed by atoms with Gasteiger partial charge in [0.05, 0.1) is 5.52 Å². The molecule has 0 saturated heterocycles. The van der Waals surface area contributed by atoms with Crippen LogP contribution in [0.4, 0.5) is 4.39 Å². The number of rotatable bonds is 1. The Morgan fingerprint density at radius 1 is 1.00 bits per heavy atom. The Labute approximate surface area is 97.8 Å². The summed E-state index contributed by atoms with van der Waals surface area (Å²) in [6.45, 7) is 0. The second-order valence-electron chi connectivity index (χ2n) is 3.77. The highest BCUT2D eigenvalue weighted by atomic mass is 19.1. The van der Waals surface area contributed by atoms with Crippen LogP contribution < -0.4 is 0 Å². The van der Waals surface area contributed by atoms with E-state index in [4.69, 9.17) is 0 Å². The zero-order valence-electron chi connectivity index (χ0n) is 8.97. The highest BCUT2D eigenvalue weighted by Gasteiger charge is 2.05. The van der Waals surface area contributed by atoms with E-state index in [0.29, 0.717) is 5.56 Å². The highest BCUT2D eigenvalue weighted by molar-refractivity contribution is 5.82. The zero-order valence-corrected chi connectivity index (χ0v) is 8.97. The van der Waals surface area contributed by atoms with Crippen molar-refractivity contribution in [2.24, 2.45) is 0 Å². The molecular weight excluding hydrogens is 215 g/mol. The highest BCUT2D eigenvalue weighted by Crippen LogP contribution is 2.24. The molecule has 3 heteroatoms. The number of benzene rings is 1. The van der Waals surface area contributed by atoms with E-state index in [1.165, 1.54) is 6.07 Å². The number of pyridine rings is 2. The topological polar surface area (TPSA) is 25.8 Å². The second kappa shape index (κ2) is 3.94. The lowest BCUT2D eigenvalue weighted by Crippen LogP contribution is -1.86. The third-order valence-corrected chi connectivity index (χ3v) is 2.67. The Balaban J connectivity index is 2.22. The quantitative estimate of drug-likeness (QED) is 0.632.